The number of esters is 1. The third-order valence-corrected chi connectivity index (χ3v) is 3.47. The minimum atomic E-state index is -0.462. The first kappa shape index (κ1) is 13.6. The molecule has 4 heteroatoms. The minimum Gasteiger partial charge on any atom is -0.461 e. The lowest BCUT2D eigenvalue weighted by Crippen LogP contribution is -2.31. The fourth-order valence-corrected chi connectivity index (χ4v) is 2.58. The van der Waals surface area contributed by atoms with Crippen molar-refractivity contribution < 1.29 is 19.0 Å². The van der Waals surface area contributed by atoms with E-state index < -0.39 is 5.79 Å². The number of ether oxygens (including phenoxy) is 3. The van der Waals surface area contributed by atoms with Gasteiger partial charge in [-0.3, -0.25) is 4.79 Å². The second-order valence-electron chi connectivity index (χ2n) is 5.03. The summed E-state index contributed by atoms with van der Waals surface area (Å²) in [6.45, 7) is 3.14. The van der Waals surface area contributed by atoms with Crippen LogP contribution < -0.4 is 0 Å². The standard InChI is InChI=1S/C14H22O4/c1-12(15)16-11-13-6-4-2-3-5-7-14(10-13)17-8-9-18-14/h6H,2-5,7-11H2,1H3/b13-6+. The van der Waals surface area contributed by atoms with E-state index in [9.17, 15) is 4.79 Å². The molecule has 0 amide bonds. The van der Waals surface area contributed by atoms with Gasteiger partial charge in [0.15, 0.2) is 5.79 Å². The Morgan fingerprint density at radius 1 is 1.33 bits per heavy atom. The van der Waals surface area contributed by atoms with Crippen LogP contribution in [0.5, 0.6) is 0 Å². The molecule has 0 radical (unpaired) electrons. The maximum absolute atomic E-state index is 10.9. The van der Waals surface area contributed by atoms with E-state index >= 15 is 0 Å². The number of hydrogen-bond donors (Lipinski definition) is 0. The van der Waals surface area contributed by atoms with Crippen molar-refractivity contribution in [2.45, 2.75) is 51.2 Å². The Hall–Kier alpha value is -0.870. The largest absolute Gasteiger partial charge is 0.461 e. The second-order valence-corrected chi connectivity index (χ2v) is 5.03. The predicted octanol–water partition coefficient (Wildman–Crippen LogP) is 2.57. The molecule has 1 saturated heterocycles. The molecule has 18 heavy (non-hydrogen) atoms. The van der Waals surface area contributed by atoms with E-state index in [0.717, 1.165) is 31.3 Å². The molecular weight excluding hydrogens is 232 g/mol. The zero-order valence-corrected chi connectivity index (χ0v) is 11.1. The van der Waals surface area contributed by atoms with Crippen LogP contribution in [0.3, 0.4) is 0 Å². The van der Waals surface area contributed by atoms with Crippen LogP contribution in [-0.2, 0) is 19.0 Å². The average molecular weight is 254 g/mol. The van der Waals surface area contributed by atoms with Crippen molar-refractivity contribution in [2.75, 3.05) is 19.8 Å². The van der Waals surface area contributed by atoms with E-state index in [1.165, 1.54) is 19.8 Å². The number of hydrogen-bond acceptors (Lipinski definition) is 4. The molecular formula is C14H22O4. The number of carbonyl (C=O) groups is 1. The zero-order chi connectivity index (χ0) is 12.8. The Morgan fingerprint density at radius 3 is 2.83 bits per heavy atom. The van der Waals surface area contributed by atoms with Gasteiger partial charge < -0.3 is 14.2 Å². The highest BCUT2D eigenvalue weighted by molar-refractivity contribution is 5.66. The molecule has 4 nitrogen and oxygen atoms in total. The molecule has 102 valence electrons. The summed E-state index contributed by atoms with van der Waals surface area (Å²) >= 11 is 0. The molecule has 2 rings (SSSR count). The van der Waals surface area contributed by atoms with Gasteiger partial charge in [-0.2, -0.15) is 0 Å². The zero-order valence-electron chi connectivity index (χ0n) is 11.1. The van der Waals surface area contributed by atoms with Gasteiger partial charge in [-0.05, 0) is 24.8 Å². The summed E-state index contributed by atoms with van der Waals surface area (Å²) in [7, 11) is 0. The summed E-state index contributed by atoms with van der Waals surface area (Å²) in [5, 5.41) is 0. The van der Waals surface area contributed by atoms with Crippen molar-refractivity contribution in [3.8, 4) is 0 Å². The molecule has 1 fully saturated rings. The number of carbonyl (C=O) groups excluding carboxylic acids is 1. The van der Waals surface area contributed by atoms with E-state index in [2.05, 4.69) is 6.08 Å². The van der Waals surface area contributed by atoms with Crippen molar-refractivity contribution in [3.05, 3.63) is 11.6 Å². The topological polar surface area (TPSA) is 44.8 Å². The average Bonchev–Trinajstić information content (AvgIpc) is 2.81. The smallest absolute Gasteiger partial charge is 0.302 e. The highest BCUT2D eigenvalue weighted by atomic mass is 16.7. The Balaban J connectivity index is 2.01. The van der Waals surface area contributed by atoms with Crippen molar-refractivity contribution in [1.82, 2.24) is 0 Å². The van der Waals surface area contributed by atoms with Crippen molar-refractivity contribution >= 4 is 5.97 Å². The summed E-state index contributed by atoms with van der Waals surface area (Å²) in [6.07, 6.45) is 8.40. The Morgan fingerprint density at radius 2 is 2.11 bits per heavy atom. The van der Waals surface area contributed by atoms with Gasteiger partial charge >= 0.3 is 5.97 Å². The maximum atomic E-state index is 10.9. The quantitative estimate of drug-likeness (QED) is 0.561. The van der Waals surface area contributed by atoms with E-state index in [1.54, 1.807) is 0 Å². The van der Waals surface area contributed by atoms with Crippen LogP contribution in [0.4, 0.5) is 0 Å². The predicted molar refractivity (Wildman–Crippen MR) is 67.1 cm³/mol. The summed E-state index contributed by atoms with van der Waals surface area (Å²) < 4.78 is 16.7. The Labute approximate surface area is 108 Å². The SMILES string of the molecule is CC(=O)OC/C1=C/CCCCCC2(C1)OCCO2. The van der Waals surface area contributed by atoms with Gasteiger partial charge in [-0.1, -0.05) is 12.5 Å². The third kappa shape index (κ3) is 3.82. The molecule has 0 saturated carbocycles. The molecule has 1 heterocycles. The molecule has 1 aliphatic carbocycles. The van der Waals surface area contributed by atoms with Gasteiger partial charge in [0.25, 0.3) is 0 Å². The van der Waals surface area contributed by atoms with Gasteiger partial charge in [0.2, 0.25) is 0 Å². The van der Waals surface area contributed by atoms with Crippen LogP contribution in [0.1, 0.15) is 45.4 Å². The second kappa shape index (κ2) is 6.34. The third-order valence-electron chi connectivity index (χ3n) is 3.47. The van der Waals surface area contributed by atoms with Gasteiger partial charge in [0.05, 0.1) is 13.2 Å². The lowest BCUT2D eigenvalue weighted by molar-refractivity contribution is -0.163. The van der Waals surface area contributed by atoms with E-state index in [4.69, 9.17) is 14.2 Å². The molecule has 0 aromatic heterocycles. The van der Waals surface area contributed by atoms with Crippen LogP contribution >= 0.6 is 0 Å². The lowest BCUT2D eigenvalue weighted by Gasteiger charge is -2.28. The summed E-state index contributed by atoms with van der Waals surface area (Å²) in [5.74, 6) is -0.700. The monoisotopic (exact) mass is 254 g/mol. The van der Waals surface area contributed by atoms with Gasteiger partial charge in [0.1, 0.15) is 6.61 Å². The first-order chi connectivity index (χ1) is 8.70. The molecule has 1 aliphatic heterocycles. The highest BCUT2D eigenvalue weighted by Crippen LogP contribution is 2.34. The summed E-state index contributed by atoms with van der Waals surface area (Å²) in [6, 6.07) is 0. The Bertz CT molecular complexity index is 316. The molecule has 0 atom stereocenters. The van der Waals surface area contributed by atoms with Crippen LogP contribution in [-0.4, -0.2) is 31.6 Å². The number of rotatable bonds is 2. The minimum absolute atomic E-state index is 0.238. The first-order valence-corrected chi connectivity index (χ1v) is 6.79. The molecule has 0 N–H and O–H groups in total. The maximum Gasteiger partial charge on any atom is 0.302 e. The molecule has 0 bridgehead atoms. The normalized spacial score (nSPS) is 26.8. The van der Waals surface area contributed by atoms with Crippen molar-refractivity contribution in [3.63, 3.8) is 0 Å². The molecule has 2 aliphatic rings. The van der Waals surface area contributed by atoms with Gasteiger partial charge in [-0.15, -0.1) is 0 Å². The molecule has 0 aromatic rings. The van der Waals surface area contributed by atoms with Gasteiger partial charge in [-0.25, -0.2) is 0 Å². The first-order valence-electron chi connectivity index (χ1n) is 6.79. The molecule has 1 spiro atoms. The van der Waals surface area contributed by atoms with Crippen LogP contribution in [0.25, 0.3) is 0 Å². The van der Waals surface area contributed by atoms with Crippen LogP contribution in [0.2, 0.25) is 0 Å². The summed E-state index contributed by atoms with van der Waals surface area (Å²) in [5.41, 5.74) is 1.12. The fraction of sp³-hybridized carbons (Fsp3) is 0.786. The van der Waals surface area contributed by atoms with Crippen molar-refractivity contribution in [1.29, 1.82) is 0 Å². The Kier molecular flexibility index (Phi) is 4.78. The molecule has 0 unspecified atom stereocenters. The number of allylic oxidation sites excluding steroid dienone is 1. The van der Waals surface area contributed by atoms with Crippen molar-refractivity contribution in [2.24, 2.45) is 0 Å². The lowest BCUT2D eigenvalue weighted by atomic mass is 10.0. The van der Waals surface area contributed by atoms with Crippen LogP contribution in [0, 0.1) is 0 Å². The molecule has 0 aromatic carbocycles. The highest BCUT2D eigenvalue weighted by Gasteiger charge is 2.37. The summed E-state index contributed by atoms with van der Waals surface area (Å²) in [4.78, 5) is 10.9. The van der Waals surface area contributed by atoms with Crippen LogP contribution in [0.15, 0.2) is 11.6 Å². The van der Waals surface area contributed by atoms with E-state index in [1.807, 2.05) is 0 Å². The van der Waals surface area contributed by atoms with Gasteiger partial charge in [0, 0.05) is 19.8 Å². The van der Waals surface area contributed by atoms with E-state index in [0.29, 0.717) is 19.8 Å². The fourth-order valence-electron chi connectivity index (χ4n) is 2.58. The van der Waals surface area contributed by atoms with E-state index in [-0.39, 0.29) is 5.97 Å².